The van der Waals surface area contributed by atoms with E-state index in [1.54, 1.807) is 14.2 Å². The van der Waals surface area contributed by atoms with E-state index in [0.717, 1.165) is 42.9 Å². The molecule has 1 heterocycles. The first kappa shape index (κ1) is 20.5. The van der Waals surface area contributed by atoms with Crippen molar-refractivity contribution >= 4 is 5.91 Å². The van der Waals surface area contributed by atoms with E-state index >= 15 is 0 Å². The summed E-state index contributed by atoms with van der Waals surface area (Å²) in [5.41, 5.74) is 1.39. The van der Waals surface area contributed by atoms with Gasteiger partial charge in [-0.1, -0.05) is 26.8 Å². The zero-order chi connectivity index (χ0) is 20.8. The van der Waals surface area contributed by atoms with E-state index in [1.807, 2.05) is 6.07 Å². The summed E-state index contributed by atoms with van der Waals surface area (Å²) in [6.45, 7) is 7.49. The topological polar surface area (TPSA) is 56.8 Å². The lowest BCUT2D eigenvalue weighted by Crippen LogP contribution is -2.58. The number of carbonyl (C=O) groups excluding carboxylic acids is 1. The predicted octanol–water partition coefficient (Wildman–Crippen LogP) is 4.50. The van der Waals surface area contributed by atoms with Crippen LogP contribution >= 0.6 is 0 Å². The van der Waals surface area contributed by atoms with Gasteiger partial charge in [0.25, 0.3) is 0 Å². The predicted molar refractivity (Wildman–Crippen MR) is 112 cm³/mol. The van der Waals surface area contributed by atoms with Gasteiger partial charge in [0.15, 0.2) is 11.5 Å². The number of amides is 1. The largest absolute Gasteiger partial charge is 0.493 e. The van der Waals surface area contributed by atoms with Gasteiger partial charge in [0.1, 0.15) is 0 Å². The van der Waals surface area contributed by atoms with Crippen molar-refractivity contribution in [1.29, 1.82) is 0 Å². The molecule has 2 bridgehead atoms. The normalized spacial score (nSPS) is 34.5. The minimum atomic E-state index is 0.0373. The Labute approximate surface area is 174 Å². The fraction of sp³-hybridized carbons (Fsp3) is 0.708. The van der Waals surface area contributed by atoms with Crippen molar-refractivity contribution in [3.63, 3.8) is 0 Å². The smallest absolute Gasteiger partial charge is 0.220 e. The first-order valence-electron chi connectivity index (χ1n) is 11.0. The number of benzene rings is 1. The number of ether oxygens (including phenoxy) is 3. The van der Waals surface area contributed by atoms with Crippen LogP contribution in [0.2, 0.25) is 0 Å². The molecule has 29 heavy (non-hydrogen) atoms. The molecule has 2 saturated carbocycles. The van der Waals surface area contributed by atoms with E-state index in [-0.39, 0.29) is 28.9 Å². The van der Waals surface area contributed by atoms with Gasteiger partial charge < -0.3 is 19.5 Å². The molecular weight excluding hydrogens is 366 g/mol. The molecule has 1 aliphatic heterocycles. The quantitative estimate of drug-likeness (QED) is 0.762. The molecule has 0 unspecified atom stereocenters. The van der Waals surface area contributed by atoms with Gasteiger partial charge >= 0.3 is 0 Å². The lowest BCUT2D eigenvalue weighted by molar-refractivity contribution is -0.137. The Morgan fingerprint density at radius 1 is 1.24 bits per heavy atom. The fourth-order valence-electron chi connectivity index (χ4n) is 6.61. The van der Waals surface area contributed by atoms with Crippen LogP contribution in [0.1, 0.15) is 64.5 Å². The Balaban J connectivity index is 1.66. The number of hydrogen-bond acceptors (Lipinski definition) is 4. The van der Waals surface area contributed by atoms with Crippen molar-refractivity contribution in [1.82, 2.24) is 5.32 Å². The van der Waals surface area contributed by atoms with Gasteiger partial charge in [0.05, 0.1) is 20.3 Å². The molecule has 160 valence electrons. The summed E-state index contributed by atoms with van der Waals surface area (Å²) in [5.74, 6) is 2.70. The molecule has 0 radical (unpaired) electrons. The Bertz CT molecular complexity index is 776. The molecular formula is C24H35NO4. The third-order valence-electron chi connectivity index (χ3n) is 8.02. The second-order valence-electron chi connectivity index (χ2n) is 9.70. The average Bonchev–Trinajstić information content (AvgIpc) is 3.20. The fourth-order valence-corrected chi connectivity index (χ4v) is 6.61. The molecule has 1 aromatic carbocycles. The van der Waals surface area contributed by atoms with Gasteiger partial charge in [-0.25, -0.2) is 0 Å². The molecule has 5 heteroatoms. The molecule has 1 amide bonds. The van der Waals surface area contributed by atoms with Gasteiger partial charge in [-0.3, -0.25) is 4.79 Å². The van der Waals surface area contributed by atoms with Crippen LogP contribution in [-0.4, -0.2) is 32.8 Å². The molecule has 3 aliphatic rings. The molecule has 1 saturated heterocycles. The number of fused-ring (bicyclic) bond motifs is 1. The van der Waals surface area contributed by atoms with Gasteiger partial charge in [0.2, 0.25) is 5.91 Å². The first-order valence-corrected chi connectivity index (χ1v) is 11.0. The highest BCUT2D eigenvalue weighted by Crippen LogP contribution is 2.70. The highest BCUT2D eigenvalue weighted by atomic mass is 16.5. The van der Waals surface area contributed by atoms with Crippen LogP contribution < -0.4 is 14.8 Å². The maximum absolute atomic E-state index is 12.6. The Morgan fingerprint density at radius 2 is 2.00 bits per heavy atom. The molecule has 2 aliphatic carbocycles. The summed E-state index contributed by atoms with van der Waals surface area (Å²) in [6, 6.07) is 6.34. The van der Waals surface area contributed by atoms with Crippen LogP contribution in [0.15, 0.2) is 18.2 Å². The lowest BCUT2D eigenvalue weighted by atomic mass is 9.59. The minimum absolute atomic E-state index is 0.0373. The van der Waals surface area contributed by atoms with Gasteiger partial charge in [-0.2, -0.15) is 0 Å². The van der Waals surface area contributed by atoms with Gasteiger partial charge in [-0.15, -0.1) is 0 Å². The van der Waals surface area contributed by atoms with Crippen LogP contribution in [0, 0.1) is 22.7 Å². The van der Waals surface area contributed by atoms with Crippen molar-refractivity contribution in [3.8, 4) is 11.5 Å². The third-order valence-corrected chi connectivity index (χ3v) is 8.02. The molecule has 0 aromatic heterocycles. The zero-order valence-electron chi connectivity index (χ0n) is 18.4. The molecule has 4 rings (SSSR count). The Kier molecular flexibility index (Phi) is 5.30. The second-order valence-corrected chi connectivity index (χ2v) is 9.70. The molecule has 1 aromatic rings. The highest BCUT2D eigenvalue weighted by molar-refractivity contribution is 5.76. The number of carbonyl (C=O) groups is 1. The van der Waals surface area contributed by atoms with Crippen molar-refractivity contribution in [2.24, 2.45) is 22.7 Å². The number of methoxy groups -OCH3 is 2. The van der Waals surface area contributed by atoms with Crippen molar-refractivity contribution < 1.29 is 19.0 Å². The summed E-state index contributed by atoms with van der Waals surface area (Å²) in [6.07, 6.45) is 4.90. The summed E-state index contributed by atoms with van der Waals surface area (Å²) in [4.78, 5) is 12.6. The van der Waals surface area contributed by atoms with E-state index in [2.05, 4.69) is 38.2 Å². The van der Waals surface area contributed by atoms with Crippen LogP contribution in [0.4, 0.5) is 0 Å². The minimum Gasteiger partial charge on any atom is -0.493 e. The third kappa shape index (κ3) is 3.13. The SMILES string of the molecule is CCCC(=O)N[C@H]1C(C)(C)[C@@H]2C[C@@H]3[C@@H](c4ccc(OC)c(OC)c4)OCC[C@@]31C2. The lowest BCUT2D eigenvalue weighted by Gasteiger charge is -2.53. The van der Waals surface area contributed by atoms with Crippen LogP contribution in [0.25, 0.3) is 0 Å². The van der Waals surface area contributed by atoms with E-state index in [9.17, 15) is 4.79 Å². The maximum Gasteiger partial charge on any atom is 0.220 e. The highest BCUT2D eigenvalue weighted by Gasteiger charge is 2.68. The summed E-state index contributed by atoms with van der Waals surface area (Å²) in [5, 5.41) is 3.47. The monoisotopic (exact) mass is 401 g/mol. The zero-order valence-corrected chi connectivity index (χ0v) is 18.4. The van der Waals surface area contributed by atoms with Crippen LogP contribution in [0.3, 0.4) is 0 Å². The van der Waals surface area contributed by atoms with E-state index in [1.165, 1.54) is 6.42 Å². The average molecular weight is 402 g/mol. The second kappa shape index (κ2) is 7.50. The Morgan fingerprint density at radius 3 is 2.69 bits per heavy atom. The van der Waals surface area contributed by atoms with Gasteiger partial charge in [0, 0.05) is 19.1 Å². The summed E-state index contributed by atoms with van der Waals surface area (Å²) in [7, 11) is 3.33. The Hall–Kier alpha value is -1.75. The summed E-state index contributed by atoms with van der Waals surface area (Å²) < 4.78 is 17.3. The number of rotatable bonds is 6. The molecule has 5 atom stereocenters. The number of nitrogens with one attached hydrogen (secondary N) is 1. The van der Waals surface area contributed by atoms with E-state index < -0.39 is 0 Å². The standard InChI is InChI=1S/C24H35NO4/c1-6-7-20(26)25-22-23(2,3)16-13-17-21(29-11-10-24(17,22)14-16)15-8-9-18(27-4)19(12-15)28-5/h8-9,12,16-17,21-22H,6-7,10-11,13-14H2,1-5H3,(H,25,26)/t16-,17-,21-,22+,24-/m1/s1. The van der Waals surface area contributed by atoms with Crippen molar-refractivity contribution in [3.05, 3.63) is 23.8 Å². The van der Waals surface area contributed by atoms with Crippen LogP contribution in [-0.2, 0) is 9.53 Å². The van der Waals surface area contributed by atoms with Crippen LogP contribution in [0.5, 0.6) is 11.5 Å². The molecule has 1 spiro atoms. The number of hydrogen-bond donors (Lipinski definition) is 1. The maximum atomic E-state index is 12.6. The molecule has 1 N–H and O–H groups in total. The van der Waals surface area contributed by atoms with Crippen molar-refractivity contribution in [2.75, 3.05) is 20.8 Å². The van der Waals surface area contributed by atoms with E-state index in [0.29, 0.717) is 18.3 Å². The van der Waals surface area contributed by atoms with Gasteiger partial charge in [-0.05, 0) is 66.0 Å². The molecule has 3 fully saturated rings. The first-order chi connectivity index (χ1) is 13.9. The van der Waals surface area contributed by atoms with Crippen molar-refractivity contribution in [2.45, 2.75) is 65.0 Å². The molecule has 5 nitrogen and oxygen atoms in total. The summed E-state index contributed by atoms with van der Waals surface area (Å²) >= 11 is 0. The van der Waals surface area contributed by atoms with E-state index in [4.69, 9.17) is 14.2 Å².